The van der Waals surface area contributed by atoms with Crippen molar-refractivity contribution in [2.45, 2.75) is 19.4 Å². The third-order valence-corrected chi connectivity index (χ3v) is 2.71. The summed E-state index contributed by atoms with van der Waals surface area (Å²) in [5.74, 6) is 0.268. The Kier molecular flexibility index (Phi) is 8.27. The van der Waals surface area contributed by atoms with Gasteiger partial charge in [0.2, 0.25) is 0 Å². The van der Waals surface area contributed by atoms with Gasteiger partial charge in [0.05, 0.1) is 0 Å². The Labute approximate surface area is 106 Å². The summed E-state index contributed by atoms with van der Waals surface area (Å²) in [7, 11) is 0. The molecule has 0 amide bonds. The molecule has 1 atom stereocenters. The molecule has 96 valence electrons. The van der Waals surface area contributed by atoms with Crippen LogP contribution in [0.25, 0.3) is 0 Å². The Hall–Kier alpha value is -1.20. The van der Waals surface area contributed by atoms with E-state index < -0.39 is 12.0 Å². The summed E-state index contributed by atoms with van der Waals surface area (Å²) in [5, 5.41) is 17.2. The first kappa shape index (κ1) is 15.8. The van der Waals surface area contributed by atoms with Gasteiger partial charge in [0.15, 0.2) is 0 Å². The van der Waals surface area contributed by atoms with E-state index in [0.29, 0.717) is 12.2 Å². The molecule has 0 unspecified atom stereocenters. The molecule has 0 heterocycles. The van der Waals surface area contributed by atoms with Gasteiger partial charge in [-0.25, -0.2) is 0 Å². The number of aliphatic carboxylic acids is 1. The lowest BCUT2D eigenvalue weighted by Gasteiger charge is -2.02. The normalized spacial score (nSPS) is 11.2. The lowest BCUT2D eigenvalue weighted by Crippen LogP contribution is -2.30. The van der Waals surface area contributed by atoms with Gasteiger partial charge in [-0.15, -0.1) is 0 Å². The number of aryl methyl sites for hydroxylation is 1. The van der Waals surface area contributed by atoms with Gasteiger partial charge < -0.3 is 15.9 Å². The van der Waals surface area contributed by atoms with E-state index in [1.54, 1.807) is 17.8 Å². The lowest BCUT2D eigenvalue weighted by molar-refractivity contribution is -0.138. The van der Waals surface area contributed by atoms with Crippen molar-refractivity contribution in [1.29, 1.82) is 0 Å². The number of rotatable bonds is 4. The molecule has 0 spiro atoms. The number of benzene rings is 1. The van der Waals surface area contributed by atoms with Gasteiger partial charge in [-0.1, -0.05) is 18.2 Å². The summed E-state index contributed by atoms with van der Waals surface area (Å²) < 4.78 is 0. The SMILES string of the molecule is CSCC[C@H](N)C(=O)O.Cc1ccccc1O. The van der Waals surface area contributed by atoms with Crippen LogP contribution < -0.4 is 5.73 Å². The maximum atomic E-state index is 10.1. The van der Waals surface area contributed by atoms with Gasteiger partial charge in [0.25, 0.3) is 0 Å². The maximum Gasteiger partial charge on any atom is 0.320 e. The zero-order chi connectivity index (χ0) is 13.3. The molecule has 0 aliphatic carbocycles. The summed E-state index contributed by atoms with van der Waals surface area (Å²) >= 11 is 1.60. The quantitative estimate of drug-likeness (QED) is 0.766. The van der Waals surface area contributed by atoms with Crippen LogP contribution in [-0.4, -0.2) is 34.2 Å². The first-order chi connectivity index (χ1) is 7.99. The van der Waals surface area contributed by atoms with Gasteiger partial charge in [-0.05, 0) is 37.0 Å². The second-order valence-electron chi connectivity index (χ2n) is 3.51. The van der Waals surface area contributed by atoms with Gasteiger partial charge in [-0.3, -0.25) is 4.79 Å². The molecule has 17 heavy (non-hydrogen) atoms. The standard InChI is InChI=1S/C7H8O.C5H11NO2S/c1-6-4-2-3-5-7(6)8;1-9-3-2-4(6)5(7)8/h2-5,8H,1H3;4H,2-3,6H2,1H3,(H,7,8)/t;4-/m.0/s1. The summed E-state index contributed by atoms with van der Waals surface area (Å²) in [6.45, 7) is 1.87. The van der Waals surface area contributed by atoms with E-state index >= 15 is 0 Å². The number of carboxylic acids is 1. The van der Waals surface area contributed by atoms with Gasteiger partial charge in [0.1, 0.15) is 11.8 Å². The minimum atomic E-state index is -0.913. The van der Waals surface area contributed by atoms with Gasteiger partial charge in [0, 0.05) is 0 Å². The second kappa shape index (κ2) is 8.90. The van der Waals surface area contributed by atoms with Crippen LogP contribution >= 0.6 is 11.8 Å². The minimum absolute atomic E-state index is 0.368. The molecule has 0 bridgehead atoms. The predicted molar refractivity (Wildman–Crippen MR) is 71.5 cm³/mol. The Morgan fingerprint density at radius 1 is 1.47 bits per heavy atom. The zero-order valence-corrected chi connectivity index (χ0v) is 10.9. The number of aromatic hydroxyl groups is 1. The zero-order valence-electron chi connectivity index (χ0n) is 10.1. The fourth-order valence-corrected chi connectivity index (χ4v) is 1.42. The third-order valence-electron chi connectivity index (χ3n) is 2.07. The molecule has 0 saturated heterocycles. The van der Waals surface area contributed by atoms with Crippen molar-refractivity contribution >= 4 is 17.7 Å². The number of hydrogen-bond acceptors (Lipinski definition) is 4. The highest BCUT2D eigenvalue weighted by atomic mass is 32.2. The lowest BCUT2D eigenvalue weighted by atomic mass is 10.2. The first-order valence-corrected chi connectivity index (χ1v) is 6.60. The van der Waals surface area contributed by atoms with Crippen molar-refractivity contribution in [3.05, 3.63) is 29.8 Å². The number of carbonyl (C=O) groups is 1. The monoisotopic (exact) mass is 257 g/mol. The molecule has 4 N–H and O–H groups in total. The predicted octanol–water partition coefficient (Wildman–Crippen LogP) is 1.85. The Bertz CT molecular complexity index is 323. The number of carboxylic acid groups (broad SMARTS) is 1. The summed E-state index contributed by atoms with van der Waals surface area (Å²) in [6.07, 6.45) is 2.48. The molecule has 0 aromatic heterocycles. The van der Waals surface area contributed by atoms with E-state index in [-0.39, 0.29) is 0 Å². The molecule has 0 saturated carbocycles. The van der Waals surface area contributed by atoms with Gasteiger partial charge in [-0.2, -0.15) is 11.8 Å². The van der Waals surface area contributed by atoms with Crippen molar-refractivity contribution < 1.29 is 15.0 Å². The maximum absolute atomic E-state index is 10.1. The van der Waals surface area contributed by atoms with Gasteiger partial charge >= 0.3 is 5.97 Å². The fourth-order valence-electron chi connectivity index (χ4n) is 0.932. The molecular weight excluding hydrogens is 238 g/mol. The molecule has 1 rings (SSSR count). The van der Waals surface area contributed by atoms with Crippen LogP contribution in [-0.2, 0) is 4.79 Å². The molecular formula is C12H19NO3S. The van der Waals surface area contributed by atoms with Crippen molar-refractivity contribution in [1.82, 2.24) is 0 Å². The van der Waals surface area contributed by atoms with Crippen molar-refractivity contribution in [3.63, 3.8) is 0 Å². The van der Waals surface area contributed by atoms with E-state index in [0.717, 1.165) is 11.3 Å². The van der Waals surface area contributed by atoms with E-state index in [4.69, 9.17) is 15.9 Å². The number of phenolic OH excluding ortho intramolecular Hbond substituents is 1. The van der Waals surface area contributed by atoms with Crippen LogP contribution in [0.5, 0.6) is 5.75 Å². The Morgan fingerprint density at radius 2 is 2.06 bits per heavy atom. The van der Waals surface area contributed by atoms with Crippen LogP contribution in [0.4, 0.5) is 0 Å². The molecule has 4 nitrogen and oxygen atoms in total. The highest BCUT2D eigenvalue weighted by molar-refractivity contribution is 7.98. The number of thioether (sulfide) groups is 1. The second-order valence-corrected chi connectivity index (χ2v) is 4.50. The topological polar surface area (TPSA) is 83.6 Å². The van der Waals surface area contributed by atoms with Crippen molar-refractivity contribution in [2.24, 2.45) is 5.73 Å². The van der Waals surface area contributed by atoms with Crippen LogP contribution in [0.2, 0.25) is 0 Å². The van der Waals surface area contributed by atoms with E-state index in [2.05, 4.69) is 0 Å². The summed E-state index contributed by atoms with van der Waals surface area (Å²) in [6, 6.07) is 6.57. The van der Waals surface area contributed by atoms with E-state index in [9.17, 15) is 4.79 Å². The molecule has 1 aromatic carbocycles. The molecule has 0 aliphatic heterocycles. The van der Waals surface area contributed by atoms with Crippen LogP contribution in [0, 0.1) is 6.92 Å². The number of nitrogens with two attached hydrogens (primary N) is 1. The fraction of sp³-hybridized carbons (Fsp3) is 0.417. The average Bonchev–Trinajstić information content (AvgIpc) is 2.30. The smallest absolute Gasteiger partial charge is 0.320 e. The summed E-state index contributed by atoms with van der Waals surface area (Å²) in [4.78, 5) is 10.1. The molecule has 0 fully saturated rings. The molecule has 5 heteroatoms. The van der Waals surface area contributed by atoms with E-state index in [1.807, 2.05) is 31.4 Å². The van der Waals surface area contributed by atoms with E-state index in [1.165, 1.54) is 0 Å². The minimum Gasteiger partial charge on any atom is -0.508 e. The first-order valence-electron chi connectivity index (χ1n) is 5.21. The molecule has 0 radical (unpaired) electrons. The van der Waals surface area contributed by atoms with Crippen LogP contribution in [0.3, 0.4) is 0 Å². The number of phenols is 1. The highest BCUT2D eigenvalue weighted by Gasteiger charge is 2.08. The average molecular weight is 257 g/mol. The van der Waals surface area contributed by atoms with Crippen molar-refractivity contribution in [2.75, 3.05) is 12.0 Å². The summed E-state index contributed by atoms with van der Waals surface area (Å²) in [5.41, 5.74) is 6.11. The van der Waals surface area contributed by atoms with Crippen LogP contribution in [0.15, 0.2) is 24.3 Å². The third kappa shape index (κ3) is 7.65. The number of hydrogen-bond donors (Lipinski definition) is 3. The van der Waals surface area contributed by atoms with Crippen molar-refractivity contribution in [3.8, 4) is 5.75 Å². The Morgan fingerprint density at radius 3 is 2.41 bits per heavy atom. The largest absolute Gasteiger partial charge is 0.508 e. The Balaban J connectivity index is 0.000000302. The molecule has 1 aromatic rings. The molecule has 0 aliphatic rings. The number of para-hydroxylation sites is 1. The highest BCUT2D eigenvalue weighted by Crippen LogP contribution is 2.12. The van der Waals surface area contributed by atoms with Crippen LogP contribution in [0.1, 0.15) is 12.0 Å².